The first-order valence-corrected chi connectivity index (χ1v) is 6.11. The summed E-state index contributed by atoms with van der Waals surface area (Å²) < 4.78 is 1.57. The second-order valence-electron chi connectivity index (χ2n) is 4.78. The summed E-state index contributed by atoms with van der Waals surface area (Å²) in [7, 11) is 0. The Hall–Kier alpha value is -1.61. The highest BCUT2D eigenvalue weighted by Gasteiger charge is 2.31. The Balaban J connectivity index is 2.43. The van der Waals surface area contributed by atoms with E-state index in [-0.39, 0.29) is 5.91 Å². The van der Waals surface area contributed by atoms with E-state index in [1.807, 2.05) is 39.0 Å². The maximum atomic E-state index is 12.5. The molecule has 0 aliphatic heterocycles. The maximum Gasteiger partial charge on any atom is 0.242 e. The van der Waals surface area contributed by atoms with Gasteiger partial charge in [-0.05, 0) is 38.5 Å². The van der Waals surface area contributed by atoms with E-state index in [0.29, 0.717) is 10.8 Å². The molecule has 4 heteroatoms. The summed E-state index contributed by atoms with van der Waals surface area (Å²) in [6, 6.07) is 7.39. The van der Waals surface area contributed by atoms with Crippen molar-refractivity contribution < 1.29 is 4.79 Å². The molecule has 94 valence electrons. The molecule has 0 aliphatic carbocycles. The normalized spacial score (nSPS) is 11.6. The van der Waals surface area contributed by atoms with Gasteiger partial charge in [-0.25, -0.2) is 4.98 Å². The molecule has 0 radical (unpaired) electrons. The standard InChI is InChI=1S/C14H15ClN2O/c1-10-16-7-8-17(10)13(18)14(2,3)11-5-4-6-12(15)9-11/h4-9H,1-3H3. The lowest BCUT2D eigenvalue weighted by atomic mass is 9.83. The van der Waals surface area contributed by atoms with E-state index < -0.39 is 5.41 Å². The minimum absolute atomic E-state index is 0.0141. The third-order valence-electron chi connectivity index (χ3n) is 3.13. The predicted molar refractivity (Wildman–Crippen MR) is 72.1 cm³/mol. The van der Waals surface area contributed by atoms with Crippen molar-refractivity contribution in [2.75, 3.05) is 0 Å². The van der Waals surface area contributed by atoms with Crippen molar-refractivity contribution in [3.8, 4) is 0 Å². The van der Waals surface area contributed by atoms with E-state index in [4.69, 9.17) is 11.6 Å². The molecule has 0 amide bonds. The van der Waals surface area contributed by atoms with Crippen LogP contribution >= 0.6 is 11.6 Å². The third-order valence-corrected chi connectivity index (χ3v) is 3.36. The number of aryl methyl sites for hydroxylation is 1. The number of imidazole rings is 1. The van der Waals surface area contributed by atoms with Crippen LogP contribution in [0.1, 0.15) is 30.0 Å². The summed E-state index contributed by atoms with van der Waals surface area (Å²) in [5.74, 6) is 0.676. The Labute approximate surface area is 111 Å². The maximum absolute atomic E-state index is 12.5. The van der Waals surface area contributed by atoms with Gasteiger partial charge in [0, 0.05) is 17.4 Å². The van der Waals surface area contributed by atoms with Gasteiger partial charge in [0.15, 0.2) is 0 Å². The SMILES string of the molecule is Cc1nccn1C(=O)C(C)(C)c1cccc(Cl)c1. The topological polar surface area (TPSA) is 34.9 Å². The van der Waals surface area contributed by atoms with Gasteiger partial charge in [-0.3, -0.25) is 9.36 Å². The van der Waals surface area contributed by atoms with Crippen molar-refractivity contribution in [2.45, 2.75) is 26.2 Å². The molecule has 3 nitrogen and oxygen atoms in total. The van der Waals surface area contributed by atoms with Crippen molar-refractivity contribution in [1.29, 1.82) is 0 Å². The molecule has 0 atom stereocenters. The van der Waals surface area contributed by atoms with Crippen LogP contribution in [0.3, 0.4) is 0 Å². The van der Waals surface area contributed by atoms with Crippen LogP contribution in [0.15, 0.2) is 36.7 Å². The van der Waals surface area contributed by atoms with Gasteiger partial charge in [0.25, 0.3) is 0 Å². The number of aromatic nitrogens is 2. The Morgan fingerprint density at radius 1 is 1.39 bits per heavy atom. The summed E-state index contributed by atoms with van der Waals surface area (Å²) in [6.45, 7) is 5.59. The number of carbonyl (C=O) groups is 1. The van der Waals surface area contributed by atoms with Gasteiger partial charge in [0.05, 0.1) is 5.41 Å². The van der Waals surface area contributed by atoms with E-state index in [0.717, 1.165) is 5.56 Å². The smallest absolute Gasteiger partial charge is 0.242 e. The molecule has 2 aromatic rings. The van der Waals surface area contributed by atoms with Crippen LogP contribution < -0.4 is 0 Å². The van der Waals surface area contributed by atoms with E-state index in [9.17, 15) is 4.79 Å². The molecule has 0 unspecified atom stereocenters. The molecule has 18 heavy (non-hydrogen) atoms. The third kappa shape index (κ3) is 2.18. The average molecular weight is 263 g/mol. The van der Waals surface area contributed by atoms with Gasteiger partial charge in [0.2, 0.25) is 5.91 Å². The summed E-state index contributed by atoms with van der Waals surface area (Å²) in [4.78, 5) is 16.6. The Bertz CT molecular complexity index is 587. The Morgan fingerprint density at radius 2 is 2.11 bits per heavy atom. The second-order valence-corrected chi connectivity index (χ2v) is 5.22. The van der Waals surface area contributed by atoms with Gasteiger partial charge >= 0.3 is 0 Å². The first-order chi connectivity index (χ1) is 8.43. The number of nitrogens with zero attached hydrogens (tertiary/aromatic N) is 2. The molecule has 0 saturated heterocycles. The molecular weight excluding hydrogens is 248 g/mol. The molecule has 0 spiro atoms. The number of benzene rings is 1. The van der Waals surface area contributed by atoms with Crippen molar-refractivity contribution in [2.24, 2.45) is 0 Å². The van der Waals surface area contributed by atoms with Crippen molar-refractivity contribution >= 4 is 17.5 Å². The lowest BCUT2D eigenvalue weighted by Gasteiger charge is -2.24. The first kappa shape index (κ1) is 12.8. The Morgan fingerprint density at radius 3 is 2.67 bits per heavy atom. The monoisotopic (exact) mass is 262 g/mol. The number of hydrogen-bond acceptors (Lipinski definition) is 2. The van der Waals surface area contributed by atoms with Crippen LogP contribution in [0, 0.1) is 6.92 Å². The van der Waals surface area contributed by atoms with Gasteiger partial charge in [0.1, 0.15) is 5.82 Å². The molecule has 0 saturated carbocycles. The lowest BCUT2D eigenvalue weighted by Crippen LogP contribution is -2.34. The average Bonchev–Trinajstić information content (AvgIpc) is 2.74. The van der Waals surface area contributed by atoms with Gasteiger partial charge < -0.3 is 0 Å². The number of hydrogen-bond donors (Lipinski definition) is 0. The zero-order valence-corrected chi connectivity index (χ0v) is 11.4. The molecule has 1 aromatic carbocycles. The lowest BCUT2D eigenvalue weighted by molar-refractivity contribution is 0.0819. The summed E-state index contributed by atoms with van der Waals surface area (Å²) in [6.07, 6.45) is 3.31. The van der Waals surface area contributed by atoms with Crippen molar-refractivity contribution in [1.82, 2.24) is 9.55 Å². The van der Waals surface area contributed by atoms with E-state index in [1.54, 1.807) is 23.0 Å². The largest absolute Gasteiger partial charge is 0.273 e. The summed E-state index contributed by atoms with van der Waals surface area (Å²) in [5, 5.41) is 0.635. The quantitative estimate of drug-likeness (QED) is 0.831. The molecule has 0 bridgehead atoms. The highest BCUT2D eigenvalue weighted by Crippen LogP contribution is 2.27. The molecular formula is C14H15ClN2O. The molecule has 0 fully saturated rings. The van der Waals surface area contributed by atoms with Crippen LogP contribution in [0.4, 0.5) is 0 Å². The number of carbonyl (C=O) groups excluding carboxylic acids is 1. The van der Waals surface area contributed by atoms with Crippen molar-refractivity contribution in [3.05, 3.63) is 53.1 Å². The first-order valence-electron chi connectivity index (χ1n) is 5.74. The predicted octanol–water partition coefficient (Wildman–Crippen LogP) is 3.46. The van der Waals surface area contributed by atoms with Crippen LogP contribution in [-0.2, 0) is 5.41 Å². The van der Waals surface area contributed by atoms with E-state index in [2.05, 4.69) is 4.98 Å². The fourth-order valence-corrected chi connectivity index (χ4v) is 2.08. The summed E-state index contributed by atoms with van der Waals surface area (Å²) >= 11 is 5.98. The van der Waals surface area contributed by atoms with Crippen LogP contribution in [0.25, 0.3) is 0 Å². The fraction of sp³-hybridized carbons (Fsp3) is 0.286. The minimum atomic E-state index is -0.642. The minimum Gasteiger partial charge on any atom is -0.273 e. The second kappa shape index (κ2) is 4.58. The highest BCUT2D eigenvalue weighted by molar-refractivity contribution is 6.30. The number of halogens is 1. The fourth-order valence-electron chi connectivity index (χ4n) is 1.89. The number of rotatable bonds is 2. The molecule has 0 aliphatic rings. The van der Waals surface area contributed by atoms with Gasteiger partial charge in [-0.1, -0.05) is 23.7 Å². The van der Waals surface area contributed by atoms with Crippen LogP contribution in [0.5, 0.6) is 0 Å². The zero-order valence-electron chi connectivity index (χ0n) is 10.6. The summed E-state index contributed by atoms with van der Waals surface area (Å²) in [5.41, 5.74) is 0.254. The molecule has 1 heterocycles. The molecule has 2 rings (SSSR count). The van der Waals surface area contributed by atoms with Crippen LogP contribution in [-0.4, -0.2) is 15.5 Å². The molecule has 1 aromatic heterocycles. The zero-order chi connectivity index (χ0) is 13.3. The van der Waals surface area contributed by atoms with E-state index in [1.165, 1.54) is 0 Å². The Kier molecular flexibility index (Phi) is 3.26. The van der Waals surface area contributed by atoms with Gasteiger partial charge in [-0.15, -0.1) is 0 Å². The van der Waals surface area contributed by atoms with Gasteiger partial charge in [-0.2, -0.15) is 0 Å². The van der Waals surface area contributed by atoms with Crippen LogP contribution in [0.2, 0.25) is 5.02 Å². The highest BCUT2D eigenvalue weighted by atomic mass is 35.5. The van der Waals surface area contributed by atoms with Crippen molar-refractivity contribution in [3.63, 3.8) is 0 Å². The van der Waals surface area contributed by atoms with E-state index >= 15 is 0 Å². The molecule has 0 N–H and O–H groups in total.